The maximum atomic E-state index is 13.1. The second-order valence-electron chi connectivity index (χ2n) is 8.99. The number of aryl methyl sites for hydroxylation is 3. The molecule has 1 aliphatic rings. The summed E-state index contributed by atoms with van der Waals surface area (Å²) in [5.41, 5.74) is 5.75. The van der Waals surface area contributed by atoms with Gasteiger partial charge in [-0.2, -0.15) is 5.26 Å². The molecule has 0 aromatic heterocycles. The molecule has 1 heterocycles. The van der Waals surface area contributed by atoms with Crippen molar-refractivity contribution in [1.82, 2.24) is 0 Å². The maximum Gasteiger partial charge on any atom is 0.229 e. The first-order valence-corrected chi connectivity index (χ1v) is 12.1. The number of amides is 2. The molecule has 5 nitrogen and oxygen atoms in total. The van der Waals surface area contributed by atoms with Gasteiger partial charge in [-0.25, -0.2) is 0 Å². The fourth-order valence-corrected chi connectivity index (χ4v) is 4.90. The first kappa shape index (κ1) is 24.8. The fraction of sp³-hybridized carbons (Fsp3) is 0.250. The molecule has 2 amide bonds. The second-order valence-corrected chi connectivity index (χ2v) is 9.83. The molecule has 3 aromatic rings. The molecule has 0 bridgehead atoms. The van der Waals surface area contributed by atoms with Crippen LogP contribution >= 0.6 is 23.2 Å². The molecule has 0 spiro atoms. The quantitative estimate of drug-likeness (QED) is 0.426. The average molecular weight is 506 g/mol. The highest BCUT2D eigenvalue weighted by molar-refractivity contribution is 6.32. The Bertz CT molecular complexity index is 1350. The zero-order valence-electron chi connectivity index (χ0n) is 19.7. The number of halogens is 2. The summed E-state index contributed by atoms with van der Waals surface area (Å²) in [4.78, 5) is 27.5. The van der Waals surface area contributed by atoms with Crippen LogP contribution in [0.1, 0.15) is 40.2 Å². The van der Waals surface area contributed by atoms with Crippen molar-refractivity contribution in [3.8, 4) is 6.07 Å². The van der Waals surface area contributed by atoms with E-state index in [1.165, 1.54) is 0 Å². The van der Waals surface area contributed by atoms with Crippen molar-refractivity contribution < 1.29 is 9.59 Å². The van der Waals surface area contributed by atoms with Gasteiger partial charge >= 0.3 is 0 Å². The van der Waals surface area contributed by atoms with Gasteiger partial charge < -0.3 is 10.2 Å². The standard InChI is InChI=1S/C28H25Cl2N3O2/c1-16-4-9-26(18(3)10-16)33-15-20(12-27(33)34)28(35)32-25-13-24(30)22(11-17(25)2)23(14-31)19-5-7-21(29)8-6-19/h4-11,13,20,23H,12,15H2,1-3H3,(H,32,35). The number of rotatable bonds is 5. The van der Waals surface area contributed by atoms with E-state index in [9.17, 15) is 14.9 Å². The third-order valence-corrected chi connectivity index (χ3v) is 6.96. The molecule has 0 saturated carbocycles. The van der Waals surface area contributed by atoms with Crippen LogP contribution in [-0.4, -0.2) is 18.4 Å². The Morgan fingerprint density at radius 1 is 1.06 bits per heavy atom. The number of carbonyl (C=O) groups is 2. The summed E-state index contributed by atoms with van der Waals surface area (Å²) in [6, 6.07) is 18.8. The largest absolute Gasteiger partial charge is 0.325 e. The van der Waals surface area contributed by atoms with Gasteiger partial charge in [-0.3, -0.25) is 9.59 Å². The van der Waals surface area contributed by atoms with E-state index in [4.69, 9.17) is 23.2 Å². The van der Waals surface area contributed by atoms with Crippen molar-refractivity contribution in [3.63, 3.8) is 0 Å². The molecule has 1 aliphatic heterocycles. The Morgan fingerprint density at radius 3 is 2.43 bits per heavy atom. The third-order valence-electron chi connectivity index (χ3n) is 6.38. The second kappa shape index (κ2) is 10.1. The van der Waals surface area contributed by atoms with Crippen molar-refractivity contribution in [3.05, 3.63) is 92.5 Å². The summed E-state index contributed by atoms with van der Waals surface area (Å²) in [5, 5.41) is 13.7. The van der Waals surface area contributed by atoms with E-state index in [2.05, 4.69) is 11.4 Å². The van der Waals surface area contributed by atoms with E-state index < -0.39 is 11.8 Å². The summed E-state index contributed by atoms with van der Waals surface area (Å²) in [7, 11) is 0. The van der Waals surface area contributed by atoms with Crippen molar-refractivity contribution >= 4 is 46.4 Å². The lowest BCUT2D eigenvalue weighted by Crippen LogP contribution is -2.28. The summed E-state index contributed by atoms with van der Waals surface area (Å²) in [6.45, 7) is 6.15. The molecule has 0 radical (unpaired) electrons. The summed E-state index contributed by atoms with van der Waals surface area (Å²) >= 11 is 12.5. The van der Waals surface area contributed by atoms with Crippen LogP contribution in [0.4, 0.5) is 11.4 Å². The lowest BCUT2D eigenvalue weighted by molar-refractivity contribution is -0.122. The number of benzene rings is 3. The number of hydrogen-bond acceptors (Lipinski definition) is 3. The Morgan fingerprint density at radius 2 is 1.77 bits per heavy atom. The Labute approximate surface area is 215 Å². The van der Waals surface area contributed by atoms with Crippen molar-refractivity contribution in [2.75, 3.05) is 16.8 Å². The van der Waals surface area contributed by atoms with Crippen LogP contribution in [0.15, 0.2) is 54.6 Å². The Kier molecular flexibility index (Phi) is 7.16. The van der Waals surface area contributed by atoms with Gasteiger partial charge in [0.05, 0.1) is 17.9 Å². The minimum absolute atomic E-state index is 0.0676. The average Bonchev–Trinajstić information content (AvgIpc) is 3.20. The lowest BCUT2D eigenvalue weighted by Gasteiger charge is -2.20. The monoisotopic (exact) mass is 505 g/mol. The minimum Gasteiger partial charge on any atom is -0.325 e. The number of nitriles is 1. The molecule has 1 N–H and O–H groups in total. The van der Waals surface area contributed by atoms with Crippen molar-refractivity contribution in [2.45, 2.75) is 33.1 Å². The highest BCUT2D eigenvalue weighted by Gasteiger charge is 2.36. The van der Waals surface area contributed by atoms with E-state index in [-0.39, 0.29) is 18.2 Å². The summed E-state index contributed by atoms with van der Waals surface area (Å²) in [6.07, 6.45) is 0.150. The first-order valence-electron chi connectivity index (χ1n) is 11.3. The molecule has 35 heavy (non-hydrogen) atoms. The van der Waals surface area contributed by atoms with Gasteiger partial charge in [0.1, 0.15) is 0 Å². The van der Waals surface area contributed by atoms with E-state index in [0.717, 1.165) is 27.9 Å². The van der Waals surface area contributed by atoms with Gasteiger partial charge in [-0.05, 0) is 67.3 Å². The fourth-order valence-electron chi connectivity index (χ4n) is 4.50. The highest BCUT2D eigenvalue weighted by Crippen LogP contribution is 2.35. The number of nitrogens with one attached hydrogen (secondary N) is 1. The smallest absolute Gasteiger partial charge is 0.229 e. The zero-order chi connectivity index (χ0) is 25.3. The first-order chi connectivity index (χ1) is 16.7. The number of carbonyl (C=O) groups excluding carboxylic acids is 2. The van der Waals surface area contributed by atoms with Crippen molar-refractivity contribution in [2.24, 2.45) is 5.92 Å². The van der Waals surface area contributed by atoms with Crippen LogP contribution in [0.2, 0.25) is 10.0 Å². The van der Waals surface area contributed by atoms with Crippen LogP contribution in [-0.2, 0) is 9.59 Å². The van der Waals surface area contributed by atoms with Crippen LogP contribution in [0.3, 0.4) is 0 Å². The topological polar surface area (TPSA) is 73.2 Å². The molecule has 0 aliphatic carbocycles. The molecular formula is C28H25Cl2N3O2. The SMILES string of the molecule is Cc1ccc(N2CC(C(=O)Nc3cc(Cl)c(C(C#N)c4ccc(Cl)cc4)cc3C)CC2=O)c(C)c1. The zero-order valence-corrected chi connectivity index (χ0v) is 21.2. The van der Waals surface area contributed by atoms with Gasteiger partial charge in [0.25, 0.3) is 0 Å². The van der Waals surface area contributed by atoms with Gasteiger partial charge in [-0.1, -0.05) is 59.1 Å². The van der Waals surface area contributed by atoms with E-state index in [1.54, 1.807) is 35.2 Å². The Balaban J connectivity index is 1.52. The molecular weight excluding hydrogens is 481 g/mol. The number of nitrogens with zero attached hydrogens (tertiary/aromatic N) is 2. The van der Waals surface area contributed by atoms with Gasteiger partial charge in [0.15, 0.2) is 0 Å². The number of hydrogen-bond donors (Lipinski definition) is 1. The predicted octanol–water partition coefficient (Wildman–Crippen LogP) is 6.57. The highest BCUT2D eigenvalue weighted by atomic mass is 35.5. The molecule has 178 valence electrons. The number of anilines is 2. The lowest BCUT2D eigenvalue weighted by atomic mass is 9.91. The van der Waals surface area contributed by atoms with E-state index >= 15 is 0 Å². The molecule has 7 heteroatoms. The van der Waals surface area contributed by atoms with Gasteiger partial charge in [0, 0.05) is 34.4 Å². The molecule has 4 rings (SSSR count). The normalized spacial score (nSPS) is 16.2. The van der Waals surface area contributed by atoms with Crippen LogP contribution in [0.5, 0.6) is 0 Å². The van der Waals surface area contributed by atoms with Crippen LogP contribution in [0, 0.1) is 38.0 Å². The Hall–Kier alpha value is -3.33. The molecule has 2 unspecified atom stereocenters. The van der Waals surface area contributed by atoms with E-state index in [1.807, 2.05) is 45.0 Å². The predicted molar refractivity (Wildman–Crippen MR) is 140 cm³/mol. The van der Waals surface area contributed by atoms with Gasteiger partial charge in [0.2, 0.25) is 11.8 Å². The maximum absolute atomic E-state index is 13.1. The summed E-state index contributed by atoms with van der Waals surface area (Å²) in [5.74, 6) is -1.34. The van der Waals surface area contributed by atoms with E-state index in [0.29, 0.717) is 27.8 Å². The summed E-state index contributed by atoms with van der Waals surface area (Å²) < 4.78 is 0. The minimum atomic E-state index is -0.568. The third kappa shape index (κ3) is 5.19. The molecule has 1 saturated heterocycles. The van der Waals surface area contributed by atoms with Crippen LogP contribution < -0.4 is 10.2 Å². The molecule has 1 fully saturated rings. The van der Waals surface area contributed by atoms with Crippen LogP contribution in [0.25, 0.3) is 0 Å². The molecule has 3 aromatic carbocycles. The molecule has 2 atom stereocenters. The van der Waals surface area contributed by atoms with Crippen molar-refractivity contribution in [1.29, 1.82) is 5.26 Å². The van der Waals surface area contributed by atoms with Gasteiger partial charge in [-0.15, -0.1) is 0 Å².